The number of piperidine rings is 1. The Balaban J connectivity index is 1.42. The van der Waals surface area contributed by atoms with Gasteiger partial charge in [-0.1, -0.05) is 12.1 Å². The number of nitrogens with zero attached hydrogens (tertiary/aromatic N) is 4. The van der Waals surface area contributed by atoms with Crippen molar-refractivity contribution >= 4 is 5.91 Å². The maximum atomic E-state index is 12.5. The molecule has 1 saturated heterocycles. The fourth-order valence-corrected chi connectivity index (χ4v) is 4.27. The third-order valence-corrected chi connectivity index (χ3v) is 6.06. The Morgan fingerprint density at radius 1 is 1.32 bits per heavy atom. The van der Waals surface area contributed by atoms with Gasteiger partial charge < -0.3 is 10.1 Å². The van der Waals surface area contributed by atoms with Gasteiger partial charge in [0.05, 0.1) is 31.8 Å². The van der Waals surface area contributed by atoms with E-state index >= 15 is 0 Å². The van der Waals surface area contributed by atoms with E-state index in [0.29, 0.717) is 25.8 Å². The quantitative estimate of drug-likeness (QED) is 0.670. The van der Waals surface area contributed by atoms with Crippen LogP contribution in [0.5, 0.6) is 5.75 Å². The Kier molecular flexibility index (Phi) is 8.07. The van der Waals surface area contributed by atoms with Crippen molar-refractivity contribution in [3.63, 3.8) is 0 Å². The molecule has 0 atom stereocenters. The topological polar surface area (TPSA) is 83.2 Å². The van der Waals surface area contributed by atoms with Gasteiger partial charge in [-0.2, -0.15) is 10.4 Å². The molecular weight excluding hydrogens is 390 g/mol. The monoisotopic (exact) mass is 423 g/mol. The fraction of sp³-hybridized carbons (Fsp3) is 0.542. The highest BCUT2D eigenvalue weighted by molar-refractivity contribution is 5.76. The lowest BCUT2D eigenvalue weighted by molar-refractivity contribution is -0.122. The Labute approximate surface area is 185 Å². The zero-order valence-electron chi connectivity index (χ0n) is 18.9. The highest BCUT2D eigenvalue weighted by atomic mass is 16.5. The van der Waals surface area contributed by atoms with Crippen molar-refractivity contribution in [2.24, 2.45) is 0 Å². The fourth-order valence-electron chi connectivity index (χ4n) is 4.27. The molecule has 0 unspecified atom stereocenters. The predicted octanol–water partition coefficient (Wildman–Crippen LogP) is 3.14. The summed E-state index contributed by atoms with van der Waals surface area (Å²) < 4.78 is 7.19. The predicted molar refractivity (Wildman–Crippen MR) is 120 cm³/mol. The second-order valence-corrected chi connectivity index (χ2v) is 8.25. The van der Waals surface area contributed by atoms with Gasteiger partial charge in [-0.15, -0.1) is 0 Å². The van der Waals surface area contributed by atoms with Gasteiger partial charge in [0, 0.05) is 37.8 Å². The number of amides is 1. The number of aromatic nitrogens is 2. The molecule has 7 nitrogen and oxygen atoms in total. The average Bonchev–Trinajstić information content (AvgIpc) is 3.04. The van der Waals surface area contributed by atoms with Crippen LogP contribution >= 0.6 is 0 Å². The normalized spacial score (nSPS) is 14.9. The van der Waals surface area contributed by atoms with Gasteiger partial charge in [0.1, 0.15) is 5.75 Å². The Morgan fingerprint density at radius 3 is 2.81 bits per heavy atom. The van der Waals surface area contributed by atoms with Crippen LogP contribution in [0, 0.1) is 25.2 Å². The lowest BCUT2D eigenvalue weighted by Crippen LogP contribution is -2.44. The molecule has 0 aliphatic carbocycles. The van der Waals surface area contributed by atoms with Crippen molar-refractivity contribution in [3.8, 4) is 11.8 Å². The van der Waals surface area contributed by atoms with E-state index in [1.165, 1.54) is 5.56 Å². The van der Waals surface area contributed by atoms with Crippen molar-refractivity contribution in [1.82, 2.24) is 20.0 Å². The summed E-state index contributed by atoms with van der Waals surface area (Å²) in [6.45, 7) is 7.46. The van der Waals surface area contributed by atoms with Crippen LogP contribution in [0.2, 0.25) is 0 Å². The van der Waals surface area contributed by atoms with Gasteiger partial charge in [-0.3, -0.25) is 14.4 Å². The van der Waals surface area contributed by atoms with Gasteiger partial charge in [0.2, 0.25) is 5.91 Å². The highest BCUT2D eigenvalue weighted by Crippen LogP contribution is 2.19. The molecule has 1 aliphatic rings. The third kappa shape index (κ3) is 6.31. The standard InChI is InChI=1S/C24H33N5O2/c1-18-23(19(2)29(27-18)13-5-12-25)8-9-24(30)26-21-10-14-28(15-11-21)17-20-6-4-7-22(16-20)31-3/h4,6-7,16,21H,5,8-11,13-15,17H2,1-3H3,(H,26,30). The molecule has 0 saturated carbocycles. The van der Waals surface area contributed by atoms with Crippen LogP contribution in [-0.4, -0.2) is 46.8 Å². The molecule has 1 fully saturated rings. The Hall–Kier alpha value is -2.85. The summed E-state index contributed by atoms with van der Waals surface area (Å²) in [5, 5.41) is 16.5. The van der Waals surface area contributed by atoms with E-state index in [4.69, 9.17) is 10.00 Å². The molecule has 1 aliphatic heterocycles. The van der Waals surface area contributed by atoms with Crippen LogP contribution in [0.3, 0.4) is 0 Å². The number of likely N-dealkylation sites (tertiary alicyclic amines) is 1. The number of aryl methyl sites for hydroxylation is 2. The first-order valence-electron chi connectivity index (χ1n) is 11.0. The minimum atomic E-state index is 0.106. The Bertz CT molecular complexity index is 923. The number of carbonyl (C=O) groups excluding carboxylic acids is 1. The zero-order valence-corrected chi connectivity index (χ0v) is 18.9. The lowest BCUT2D eigenvalue weighted by Gasteiger charge is -2.32. The molecule has 166 valence electrons. The van der Waals surface area contributed by atoms with E-state index in [1.54, 1.807) is 7.11 Å². The van der Waals surface area contributed by atoms with Crippen LogP contribution in [0.1, 0.15) is 48.2 Å². The molecule has 0 bridgehead atoms. The summed E-state index contributed by atoms with van der Waals surface area (Å²) in [6.07, 6.45) is 3.54. The number of hydrogen-bond acceptors (Lipinski definition) is 5. The molecule has 7 heteroatoms. The van der Waals surface area contributed by atoms with E-state index < -0.39 is 0 Å². The highest BCUT2D eigenvalue weighted by Gasteiger charge is 2.21. The second kappa shape index (κ2) is 11.0. The van der Waals surface area contributed by atoms with Gasteiger partial charge in [-0.25, -0.2) is 0 Å². The molecule has 1 N–H and O–H groups in total. The second-order valence-electron chi connectivity index (χ2n) is 8.25. The largest absolute Gasteiger partial charge is 0.497 e. The maximum absolute atomic E-state index is 12.5. The molecule has 1 aromatic heterocycles. The van der Waals surface area contributed by atoms with Crippen LogP contribution < -0.4 is 10.1 Å². The smallest absolute Gasteiger partial charge is 0.220 e. The summed E-state index contributed by atoms with van der Waals surface area (Å²) in [5.41, 5.74) is 4.39. The van der Waals surface area contributed by atoms with E-state index in [0.717, 1.165) is 55.2 Å². The molecule has 0 radical (unpaired) electrons. The number of carbonyl (C=O) groups is 1. The molecule has 3 rings (SSSR count). The number of nitrogens with one attached hydrogen (secondary N) is 1. The van der Waals surface area contributed by atoms with Gasteiger partial charge in [-0.05, 0) is 56.4 Å². The van der Waals surface area contributed by atoms with Crippen LogP contribution in [0.4, 0.5) is 0 Å². The van der Waals surface area contributed by atoms with Gasteiger partial charge in [0.25, 0.3) is 0 Å². The number of methoxy groups -OCH3 is 1. The van der Waals surface area contributed by atoms with Gasteiger partial charge in [0.15, 0.2) is 0 Å². The number of ether oxygens (including phenoxy) is 1. The number of hydrogen-bond donors (Lipinski definition) is 1. The maximum Gasteiger partial charge on any atom is 0.220 e. The van der Waals surface area contributed by atoms with E-state index in [1.807, 2.05) is 30.7 Å². The van der Waals surface area contributed by atoms with E-state index in [2.05, 4.69) is 33.5 Å². The summed E-state index contributed by atoms with van der Waals surface area (Å²) in [4.78, 5) is 15.0. The minimum absolute atomic E-state index is 0.106. The Morgan fingerprint density at radius 2 is 2.10 bits per heavy atom. The first kappa shape index (κ1) is 22.8. The summed E-state index contributed by atoms with van der Waals surface area (Å²) in [5.74, 6) is 0.996. The third-order valence-electron chi connectivity index (χ3n) is 6.06. The van der Waals surface area contributed by atoms with Crippen LogP contribution in [0.25, 0.3) is 0 Å². The van der Waals surface area contributed by atoms with Crippen molar-refractivity contribution < 1.29 is 9.53 Å². The number of rotatable bonds is 9. The van der Waals surface area contributed by atoms with Crippen LogP contribution in [-0.2, 0) is 24.3 Å². The summed E-state index contributed by atoms with van der Waals surface area (Å²) in [7, 11) is 1.69. The summed E-state index contributed by atoms with van der Waals surface area (Å²) in [6, 6.07) is 10.6. The lowest BCUT2D eigenvalue weighted by atomic mass is 10.0. The molecule has 0 spiro atoms. The number of benzene rings is 1. The number of nitriles is 1. The van der Waals surface area contributed by atoms with Gasteiger partial charge >= 0.3 is 0 Å². The SMILES string of the molecule is COc1cccc(CN2CCC(NC(=O)CCc3c(C)nn(CCC#N)c3C)CC2)c1. The first-order chi connectivity index (χ1) is 15.0. The first-order valence-corrected chi connectivity index (χ1v) is 11.0. The minimum Gasteiger partial charge on any atom is -0.497 e. The van der Waals surface area contributed by atoms with Crippen molar-refractivity contribution in [2.75, 3.05) is 20.2 Å². The van der Waals surface area contributed by atoms with E-state index in [9.17, 15) is 4.79 Å². The summed E-state index contributed by atoms with van der Waals surface area (Å²) >= 11 is 0. The average molecular weight is 424 g/mol. The molecule has 2 heterocycles. The van der Waals surface area contributed by atoms with Crippen molar-refractivity contribution in [1.29, 1.82) is 5.26 Å². The zero-order chi connectivity index (χ0) is 22.2. The van der Waals surface area contributed by atoms with E-state index in [-0.39, 0.29) is 11.9 Å². The molecule has 31 heavy (non-hydrogen) atoms. The van der Waals surface area contributed by atoms with Crippen molar-refractivity contribution in [2.45, 2.75) is 65.1 Å². The molecular formula is C24H33N5O2. The van der Waals surface area contributed by atoms with Crippen LogP contribution in [0.15, 0.2) is 24.3 Å². The van der Waals surface area contributed by atoms with Crippen molar-refractivity contribution in [3.05, 3.63) is 46.8 Å². The molecule has 1 amide bonds. The molecule has 1 aromatic carbocycles. The molecule has 2 aromatic rings.